The van der Waals surface area contributed by atoms with Crippen LogP contribution in [0.15, 0.2) is 24.3 Å². The minimum atomic E-state index is 0.138. The quantitative estimate of drug-likeness (QED) is 0.736. The molecule has 3 nitrogen and oxygen atoms in total. The van der Waals surface area contributed by atoms with E-state index in [0.29, 0.717) is 12.6 Å². The van der Waals surface area contributed by atoms with E-state index in [-0.39, 0.29) is 5.91 Å². The number of amides is 1. The number of carbonyl (C=O) groups excluding carboxylic acids is 1. The Morgan fingerprint density at radius 2 is 1.95 bits per heavy atom. The predicted molar refractivity (Wildman–Crippen MR) is 84.7 cm³/mol. The molecule has 0 atom stereocenters. The maximum absolute atomic E-state index is 12.7. The summed E-state index contributed by atoms with van der Waals surface area (Å²) >= 11 is 3.46. The first-order valence-corrected chi connectivity index (χ1v) is 8.48. The Bertz CT molecular complexity index is 427. The van der Waals surface area contributed by atoms with E-state index in [0.717, 1.165) is 36.0 Å². The van der Waals surface area contributed by atoms with Gasteiger partial charge in [-0.1, -0.05) is 28.8 Å². The van der Waals surface area contributed by atoms with E-state index in [4.69, 9.17) is 4.74 Å². The highest BCUT2D eigenvalue weighted by Crippen LogP contribution is 2.25. The fraction of sp³-hybridized carbons (Fsp3) is 0.562. The monoisotopic (exact) mass is 339 g/mol. The van der Waals surface area contributed by atoms with E-state index in [9.17, 15) is 4.79 Å². The summed E-state index contributed by atoms with van der Waals surface area (Å²) in [5, 5.41) is 0.826. The van der Waals surface area contributed by atoms with Crippen LogP contribution in [0.25, 0.3) is 0 Å². The van der Waals surface area contributed by atoms with Crippen LogP contribution >= 0.6 is 15.9 Å². The van der Waals surface area contributed by atoms with E-state index in [2.05, 4.69) is 15.9 Å². The Hall–Kier alpha value is -1.03. The third-order valence-electron chi connectivity index (χ3n) is 3.76. The summed E-state index contributed by atoms with van der Waals surface area (Å²) in [6, 6.07) is 7.88. The molecule has 0 N–H and O–H groups in total. The third kappa shape index (κ3) is 3.75. The highest BCUT2D eigenvalue weighted by Gasteiger charge is 2.26. The summed E-state index contributed by atoms with van der Waals surface area (Å²) in [5.41, 5.74) is 0.751. The Balaban J connectivity index is 2.09. The van der Waals surface area contributed by atoms with Gasteiger partial charge in [-0.2, -0.15) is 0 Å². The molecular formula is C16H22BrNO2. The molecule has 20 heavy (non-hydrogen) atoms. The first kappa shape index (κ1) is 15.4. The molecule has 2 rings (SSSR count). The van der Waals surface area contributed by atoms with Gasteiger partial charge in [0, 0.05) is 23.5 Å². The number of hydrogen-bond acceptors (Lipinski definition) is 2. The average molecular weight is 340 g/mol. The molecule has 0 aromatic heterocycles. The summed E-state index contributed by atoms with van der Waals surface area (Å²) in [7, 11) is 0. The van der Waals surface area contributed by atoms with Crippen LogP contribution in [0.1, 0.15) is 43.0 Å². The van der Waals surface area contributed by atoms with Crippen molar-refractivity contribution >= 4 is 21.8 Å². The van der Waals surface area contributed by atoms with Crippen molar-refractivity contribution in [3.63, 3.8) is 0 Å². The molecule has 0 aliphatic heterocycles. The lowest BCUT2D eigenvalue weighted by molar-refractivity contribution is 0.0696. The minimum Gasteiger partial charge on any atom is -0.494 e. The molecular weight excluding hydrogens is 318 g/mol. The maximum Gasteiger partial charge on any atom is 0.254 e. The molecule has 1 aliphatic rings. The van der Waals surface area contributed by atoms with Crippen LogP contribution < -0.4 is 4.74 Å². The van der Waals surface area contributed by atoms with E-state index in [1.54, 1.807) is 0 Å². The predicted octanol–water partition coefficient (Wildman–Crippen LogP) is 3.87. The molecule has 0 radical (unpaired) electrons. The fourth-order valence-electron chi connectivity index (χ4n) is 2.78. The third-order valence-corrected chi connectivity index (χ3v) is 4.12. The topological polar surface area (TPSA) is 29.5 Å². The number of halogens is 1. The zero-order valence-corrected chi connectivity index (χ0v) is 13.6. The van der Waals surface area contributed by atoms with Crippen molar-refractivity contribution in [2.75, 3.05) is 18.5 Å². The van der Waals surface area contributed by atoms with Gasteiger partial charge in [-0.15, -0.1) is 0 Å². The summed E-state index contributed by atoms with van der Waals surface area (Å²) in [6.07, 6.45) is 4.74. The van der Waals surface area contributed by atoms with Gasteiger partial charge < -0.3 is 9.64 Å². The number of nitrogens with zero attached hydrogens (tertiary/aromatic N) is 1. The number of alkyl halides is 1. The Morgan fingerprint density at radius 1 is 1.30 bits per heavy atom. The molecule has 0 unspecified atom stereocenters. The van der Waals surface area contributed by atoms with Gasteiger partial charge in [-0.25, -0.2) is 0 Å². The van der Waals surface area contributed by atoms with Crippen LogP contribution in [0, 0.1) is 0 Å². The Kier molecular flexibility index (Phi) is 5.89. The van der Waals surface area contributed by atoms with Gasteiger partial charge in [-0.3, -0.25) is 4.79 Å². The van der Waals surface area contributed by atoms with Crippen molar-refractivity contribution in [1.82, 2.24) is 4.90 Å². The van der Waals surface area contributed by atoms with E-state index < -0.39 is 0 Å². The average Bonchev–Trinajstić information content (AvgIpc) is 2.99. The van der Waals surface area contributed by atoms with Crippen molar-refractivity contribution in [3.05, 3.63) is 29.8 Å². The van der Waals surface area contributed by atoms with Gasteiger partial charge in [0.25, 0.3) is 5.91 Å². The lowest BCUT2D eigenvalue weighted by Gasteiger charge is -2.28. The minimum absolute atomic E-state index is 0.138. The molecule has 1 aromatic carbocycles. The van der Waals surface area contributed by atoms with Gasteiger partial charge in [0.1, 0.15) is 5.75 Å². The Morgan fingerprint density at radius 3 is 2.50 bits per heavy atom. The van der Waals surface area contributed by atoms with Crippen molar-refractivity contribution in [2.45, 2.75) is 38.6 Å². The Labute approximate surface area is 129 Å². The smallest absolute Gasteiger partial charge is 0.254 e. The zero-order chi connectivity index (χ0) is 14.4. The van der Waals surface area contributed by atoms with Crippen molar-refractivity contribution in [1.29, 1.82) is 0 Å². The molecule has 4 heteroatoms. The van der Waals surface area contributed by atoms with Gasteiger partial charge in [0.15, 0.2) is 0 Å². The largest absolute Gasteiger partial charge is 0.494 e. The second-order valence-electron chi connectivity index (χ2n) is 5.08. The number of rotatable bonds is 6. The second kappa shape index (κ2) is 7.67. The summed E-state index contributed by atoms with van der Waals surface area (Å²) < 4.78 is 5.42. The summed E-state index contributed by atoms with van der Waals surface area (Å²) in [4.78, 5) is 14.7. The van der Waals surface area contributed by atoms with Crippen LogP contribution in [0.2, 0.25) is 0 Å². The van der Waals surface area contributed by atoms with Crippen molar-refractivity contribution in [2.24, 2.45) is 0 Å². The number of benzene rings is 1. The number of ether oxygens (including phenoxy) is 1. The molecule has 1 fully saturated rings. The zero-order valence-electron chi connectivity index (χ0n) is 12.0. The number of carbonyl (C=O) groups is 1. The first-order chi connectivity index (χ1) is 9.76. The molecule has 0 spiro atoms. The lowest BCUT2D eigenvalue weighted by Crippen LogP contribution is -2.40. The highest BCUT2D eigenvalue weighted by atomic mass is 79.9. The normalized spacial score (nSPS) is 15.3. The molecule has 1 amide bonds. The van der Waals surface area contributed by atoms with Gasteiger partial charge in [0.2, 0.25) is 0 Å². The van der Waals surface area contributed by atoms with Crippen LogP contribution in [-0.2, 0) is 0 Å². The first-order valence-electron chi connectivity index (χ1n) is 7.36. The van der Waals surface area contributed by atoms with E-state index >= 15 is 0 Å². The molecule has 110 valence electrons. The summed E-state index contributed by atoms with van der Waals surface area (Å²) in [6.45, 7) is 3.37. The van der Waals surface area contributed by atoms with Crippen molar-refractivity contribution in [3.8, 4) is 5.75 Å². The van der Waals surface area contributed by atoms with Gasteiger partial charge in [-0.05, 0) is 44.0 Å². The SMILES string of the molecule is CCOc1ccc(C(=O)N(CCBr)C2CCCC2)cc1. The molecule has 1 aliphatic carbocycles. The molecule has 0 heterocycles. The van der Waals surface area contributed by atoms with E-state index in [1.807, 2.05) is 36.1 Å². The van der Waals surface area contributed by atoms with E-state index in [1.165, 1.54) is 12.8 Å². The highest BCUT2D eigenvalue weighted by molar-refractivity contribution is 9.09. The van der Waals surface area contributed by atoms with Crippen LogP contribution in [0.4, 0.5) is 0 Å². The van der Waals surface area contributed by atoms with Gasteiger partial charge in [0.05, 0.1) is 6.61 Å². The molecule has 0 bridgehead atoms. The molecule has 1 saturated carbocycles. The maximum atomic E-state index is 12.7. The fourth-order valence-corrected chi connectivity index (χ4v) is 3.17. The van der Waals surface area contributed by atoms with Crippen LogP contribution in [-0.4, -0.2) is 35.3 Å². The van der Waals surface area contributed by atoms with Gasteiger partial charge >= 0.3 is 0 Å². The molecule has 0 saturated heterocycles. The van der Waals surface area contributed by atoms with Crippen molar-refractivity contribution < 1.29 is 9.53 Å². The number of hydrogen-bond donors (Lipinski definition) is 0. The second-order valence-corrected chi connectivity index (χ2v) is 5.88. The molecule has 1 aromatic rings. The van der Waals surface area contributed by atoms with Crippen LogP contribution in [0.3, 0.4) is 0 Å². The lowest BCUT2D eigenvalue weighted by atomic mass is 10.1. The standard InChI is InChI=1S/C16H22BrNO2/c1-2-20-15-9-7-13(8-10-15)16(19)18(12-11-17)14-5-3-4-6-14/h7-10,14H,2-6,11-12H2,1H3. The summed E-state index contributed by atoms with van der Waals surface area (Å²) in [5.74, 6) is 0.955. The van der Waals surface area contributed by atoms with Crippen LogP contribution in [0.5, 0.6) is 5.75 Å².